The number of hydrogen-bond donors (Lipinski definition) is 1. The fourth-order valence-corrected chi connectivity index (χ4v) is 4.47. The van der Waals surface area contributed by atoms with Crippen LogP contribution in [0.5, 0.6) is 11.5 Å². The molecule has 0 saturated carbocycles. The summed E-state index contributed by atoms with van der Waals surface area (Å²) in [5.41, 5.74) is 6.39. The fourth-order valence-electron chi connectivity index (χ4n) is 4.47. The number of aryl methyl sites for hydroxylation is 1. The molecular weight excluding hydrogens is 404 g/mol. The molecule has 0 fully saturated rings. The number of carbonyl (C=O) groups is 1. The molecule has 5 rings (SSSR count). The van der Waals surface area contributed by atoms with Gasteiger partial charge in [0.15, 0.2) is 0 Å². The zero-order valence-corrected chi connectivity index (χ0v) is 18.1. The molecule has 0 amide bonds. The lowest BCUT2D eigenvalue weighted by molar-refractivity contribution is -0.120. The smallest absolute Gasteiger partial charge is 0.298 e. The lowest BCUT2D eigenvalue weighted by Gasteiger charge is -2.31. The number of hydrogen-bond acceptors (Lipinski definition) is 6. The highest BCUT2D eigenvalue weighted by Crippen LogP contribution is 2.36. The van der Waals surface area contributed by atoms with Crippen LogP contribution in [0.2, 0.25) is 0 Å². The minimum atomic E-state index is 0.448. The Morgan fingerprint density at radius 1 is 1.22 bits per heavy atom. The second-order valence-electron chi connectivity index (χ2n) is 7.82. The first kappa shape index (κ1) is 20.1. The van der Waals surface area contributed by atoms with Crippen LogP contribution in [0.1, 0.15) is 23.6 Å². The van der Waals surface area contributed by atoms with E-state index in [0.29, 0.717) is 12.2 Å². The van der Waals surface area contributed by atoms with E-state index in [9.17, 15) is 4.79 Å². The number of fused-ring (bicyclic) bond motifs is 2. The maximum Gasteiger partial charge on any atom is 0.298 e. The number of nitrogens with one attached hydrogen (secondary N) is 1. The van der Waals surface area contributed by atoms with Gasteiger partial charge in [0.2, 0.25) is 0 Å². The Bertz CT molecular complexity index is 1280. The summed E-state index contributed by atoms with van der Waals surface area (Å²) in [7, 11) is 1.71. The van der Waals surface area contributed by atoms with Gasteiger partial charge in [-0.05, 0) is 54.3 Å². The Balaban J connectivity index is 1.60. The van der Waals surface area contributed by atoms with Gasteiger partial charge < -0.3 is 14.4 Å². The fraction of sp³-hybridized carbons (Fsp3) is 0.240. The molecule has 0 spiro atoms. The van der Waals surface area contributed by atoms with Crippen molar-refractivity contribution in [2.75, 3.05) is 18.6 Å². The highest BCUT2D eigenvalue weighted by molar-refractivity contribution is 5.92. The zero-order chi connectivity index (χ0) is 22.1. The van der Waals surface area contributed by atoms with Crippen LogP contribution >= 0.6 is 0 Å². The predicted octanol–water partition coefficient (Wildman–Crippen LogP) is 4.29. The van der Waals surface area contributed by atoms with Crippen molar-refractivity contribution in [2.45, 2.75) is 26.3 Å². The summed E-state index contributed by atoms with van der Waals surface area (Å²) in [4.78, 5) is 18.1. The number of anilines is 1. The van der Waals surface area contributed by atoms with Crippen molar-refractivity contribution in [3.05, 3.63) is 65.4 Å². The van der Waals surface area contributed by atoms with Crippen LogP contribution < -0.4 is 14.4 Å². The van der Waals surface area contributed by atoms with Crippen LogP contribution in [0.3, 0.4) is 0 Å². The molecular formula is C25H24N4O3. The van der Waals surface area contributed by atoms with E-state index < -0.39 is 0 Å². The molecule has 7 nitrogen and oxygen atoms in total. The number of nitrogens with zero attached hydrogens (tertiary/aromatic N) is 3. The van der Waals surface area contributed by atoms with Crippen LogP contribution in [0, 0.1) is 0 Å². The molecule has 0 saturated heterocycles. The number of ether oxygens (including phenoxy) is 2. The molecule has 0 bridgehead atoms. The highest BCUT2D eigenvalue weighted by Gasteiger charge is 2.23. The van der Waals surface area contributed by atoms with Crippen LogP contribution in [-0.2, 0) is 24.2 Å². The van der Waals surface area contributed by atoms with Crippen molar-refractivity contribution < 1.29 is 14.3 Å². The van der Waals surface area contributed by atoms with Gasteiger partial charge in [-0.3, -0.25) is 9.89 Å². The molecule has 2 aromatic heterocycles. The minimum absolute atomic E-state index is 0.448. The van der Waals surface area contributed by atoms with Crippen molar-refractivity contribution in [2.24, 2.45) is 0 Å². The van der Waals surface area contributed by atoms with Crippen molar-refractivity contribution in [1.82, 2.24) is 15.2 Å². The molecule has 2 aromatic carbocycles. The normalized spacial score (nSPS) is 13.1. The lowest BCUT2D eigenvalue weighted by atomic mass is 9.98. The number of H-pyrrole nitrogens is 1. The Hall–Kier alpha value is -3.87. The largest absolute Gasteiger partial charge is 0.496 e. The molecule has 4 aromatic rings. The Morgan fingerprint density at radius 3 is 2.94 bits per heavy atom. The van der Waals surface area contributed by atoms with E-state index in [1.165, 1.54) is 11.1 Å². The van der Waals surface area contributed by atoms with Gasteiger partial charge in [-0.2, -0.15) is 5.10 Å². The van der Waals surface area contributed by atoms with E-state index >= 15 is 0 Å². The van der Waals surface area contributed by atoms with Crippen LogP contribution in [0.4, 0.5) is 5.82 Å². The summed E-state index contributed by atoms with van der Waals surface area (Å²) in [5, 5.41) is 8.37. The second-order valence-corrected chi connectivity index (χ2v) is 7.82. The van der Waals surface area contributed by atoms with Crippen LogP contribution in [0.25, 0.3) is 22.2 Å². The number of methoxy groups -OCH3 is 1. The lowest BCUT2D eigenvalue weighted by Crippen LogP contribution is -2.31. The van der Waals surface area contributed by atoms with Gasteiger partial charge in [0, 0.05) is 24.2 Å². The Labute approximate surface area is 186 Å². The third-order valence-corrected chi connectivity index (χ3v) is 6.08. The number of aromatic amines is 1. The van der Waals surface area contributed by atoms with Crippen molar-refractivity contribution in [3.63, 3.8) is 0 Å². The number of carbonyl (C=O) groups excluding carboxylic acids is 1. The maximum atomic E-state index is 10.7. The van der Waals surface area contributed by atoms with E-state index in [2.05, 4.69) is 28.1 Å². The molecule has 0 unspecified atom stereocenters. The molecule has 32 heavy (non-hydrogen) atoms. The van der Waals surface area contributed by atoms with Gasteiger partial charge in [0.05, 0.1) is 29.9 Å². The summed E-state index contributed by atoms with van der Waals surface area (Å²) in [6.45, 7) is 4.11. The van der Waals surface area contributed by atoms with E-state index in [0.717, 1.165) is 65.2 Å². The summed E-state index contributed by atoms with van der Waals surface area (Å²) in [6.07, 6.45) is 3.55. The van der Waals surface area contributed by atoms with E-state index in [-0.39, 0.29) is 0 Å². The summed E-state index contributed by atoms with van der Waals surface area (Å²) >= 11 is 0. The third-order valence-electron chi connectivity index (χ3n) is 6.08. The Morgan fingerprint density at radius 2 is 2.12 bits per heavy atom. The monoisotopic (exact) mass is 428 g/mol. The molecule has 0 aliphatic carbocycles. The average Bonchev–Trinajstić information content (AvgIpc) is 3.31. The summed E-state index contributed by atoms with van der Waals surface area (Å²) in [5.74, 6) is 2.34. The average molecular weight is 428 g/mol. The number of rotatable bonds is 6. The maximum absolute atomic E-state index is 10.7. The van der Waals surface area contributed by atoms with Gasteiger partial charge in [-0.1, -0.05) is 19.1 Å². The quantitative estimate of drug-likeness (QED) is 0.462. The van der Waals surface area contributed by atoms with E-state index in [4.69, 9.17) is 14.5 Å². The molecule has 1 aliphatic rings. The summed E-state index contributed by atoms with van der Waals surface area (Å²) < 4.78 is 10.7. The first-order chi connectivity index (χ1) is 15.7. The van der Waals surface area contributed by atoms with Crippen LogP contribution in [0.15, 0.2) is 48.7 Å². The third kappa shape index (κ3) is 3.45. The number of pyridine rings is 1. The van der Waals surface area contributed by atoms with Crippen molar-refractivity contribution in [3.8, 4) is 22.8 Å². The molecule has 0 radical (unpaired) electrons. The summed E-state index contributed by atoms with van der Waals surface area (Å²) in [6, 6.07) is 13.9. The highest BCUT2D eigenvalue weighted by atomic mass is 16.5. The minimum Gasteiger partial charge on any atom is -0.496 e. The van der Waals surface area contributed by atoms with Crippen molar-refractivity contribution in [1.29, 1.82) is 0 Å². The van der Waals surface area contributed by atoms with Crippen LogP contribution in [-0.4, -0.2) is 35.3 Å². The molecule has 3 heterocycles. The van der Waals surface area contributed by atoms with E-state index in [1.807, 2.05) is 36.5 Å². The van der Waals surface area contributed by atoms with Gasteiger partial charge in [-0.15, -0.1) is 0 Å². The van der Waals surface area contributed by atoms with Gasteiger partial charge in [0.1, 0.15) is 17.3 Å². The van der Waals surface area contributed by atoms with E-state index in [1.54, 1.807) is 13.2 Å². The van der Waals surface area contributed by atoms with Gasteiger partial charge >= 0.3 is 0 Å². The SMILES string of the molecule is CCc1cc(OC=O)ccc1-c1cc2[nH]ncc2c(N2CCc3cccc(OC)c3C2)n1. The molecule has 0 atom stereocenters. The predicted molar refractivity (Wildman–Crippen MR) is 123 cm³/mol. The topological polar surface area (TPSA) is 80.3 Å². The molecule has 162 valence electrons. The first-order valence-corrected chi connectivity index (χ1v) is 10.7. The number of aromatic nitrogens is 3. The standard InChI is InChI=1S/C25H24N4O3/c1-3-16-11-18(32-15-30)7-8-19(16)22-12-23-20(13-26-28-23)25(27-22)29-10-9-17-5-4-6-24(31-2)21(17)14-29/h4-8,11-13,15H,3,9-10,14H2,1-2H3,(H,26,28). The molecule has 1 N–H and O–H groups in total. The van der Waals surface area contributed by atoms with Gasteiger partial charge in [-0.25, -0.2) is 4.98 Å². The number of benzene rings is 2. The Kier molecular flexibility index (Phi) is 5.23. The van der Waals surface area contributed by atoms with Gasteiger partial charge in [0.25, 0.3) is 6.47 Å². The zero-order valence-electron chi connectivity index (χ0n) is 18.1. The molecule has 7 heteroatoms. The first-order valence-electron chi connectivity index (χ1n) is 10.7. The van der Waals surface area contributed by atoms with Crippen molar-refractivity contribution >= 4 is 23.2 Å². The molecule has 1 aliphatic heterocycles. The second kappa shape index (κ2) is 8.34.